The zero-order valence-electron chi connectivity index (χ0n) is 9.86. The molecule has 0 heterocycles. The van der Waals surface area contributed by atoms with Gasteiger partial charge in [0.2, 0.25) is 0 Å². The molecule has 2 nitrogen and oxygen atoms in total. The molecule has 0 aliphatic rings. The molecule has 0 bridgehead atoms. The number of carboxylic acid groups (broad SMARTS) is 1. The maximum atomic E-state index is 11.3. The Bertz CT molecular complexity index is 381. The van der Waals surface area contributed by atoms with Crippen molar-refractivity contribution in [1.29, 1.82) is 0 Å². The zero-order valence-corrected chi connectivity index (χ0v) is 9.86. The van der Waals surface area contributed by atoms with E-state index in [0.29, 0.717) is 12.8 Å². The minimum Gasteiger partial charge on any atom is -0.481 e. The van der Waals surface area contributed by atoms with E-state index in [1.54, 1.807) is 6.92 Å². The Hall–Kier alpha value is -1.57. The molecular formula is C14H18O2. The maximum Gasteiger partial charge on any atom is 0.310 e. The number of rotatable bonds is 5. The van der Waals surface area contributed by atoms with E-state index in [1.807, 2.05) is 37.3 Å². The van der Waals surface area contributed by atoms with Gasteiger partial charge in [-0.15, -0.1) is 6.58 Å². The Morgan fingerprint density at radius 3 is 2.38 bits per heavy atom. The van der Waals surface area contributed by atoms with Crippen molar-refractivity contribution >= 4 is 5.97 Å². The van der Waals surface area contributed by atoms with Crippen LogP contribution in [0.5, 0.6) is 0 Å². The van der Waals surface area contributed by atoms with Crippen molar-refractivity contribution in [3.8, 4) is 0 Å². The van der Waals surface area contributed by atoms with Crippen LogP contribution in [0.4, 0.5) is 0 Å². The average Bonchev–Trinajstić information content (AvgIpc) is 2.17. The molecule has 1 aromatic carbocycles. The van der Waals surface area contributed by atoms with Gasteiger partial charge in [0, 0.05) is 0 Å². The Labute approximate surface area is 96.6 Å². The highest BCUT2D eigenvalue weighted by Gasteiger charge is 2.33. The summed E-state index contributed by atoms with van der Waals surface area (Å²) >= 11 is 0. The molecule has 0 saturated heterocycles. The first-order chi connectivity index (χ1) is 7.44. The highest BCUT2D eigenvalue weighted by molar-refractivity contribution is 5.75. The summed E-state index contributed by atoms with van der Waals surface area (Å²) in [5.41, 5.74) is 1.20. The standard InChI is InChI=1S/C14H18O2/c1-11(2)9-14(3,13(15)16)10-12-7-5-4-6-8-12/h4-8H,1,9-10H2,2-3H3,(H,15,16). The van der Waals surface area contributed by atoms with Crippen molar-refractivity contribution in [2.45, 2.75) is 26.7 Å². The van der Waals surface area contributed by atoms with Gasteiger partial charge in [-0.3, -0.25) is 4.79 Å². The van der Waals surface area contributed by atoms with Crippen molar-refractivity contribution < 1.29 is 9.90 Å². The van der Waals surface area contributed by atoms with Gasteiger partial charge in [0.05, 0.1) is 5.41 Å². The largest absolute Gasteiger partial charge is 0.481 e. The molecule has 1 atom stereocenters. The number of hydrogen-bond donors (Lipinski definition) is 1. The molecule has 86 valence electrons. The van der Waals surface area contributed by atoms with Crippen molar-refractivity contribution in [3.05, 3.63) is 48.0 Å². The third-order valence-electron chi connectivity index (χ3n) is 2.65. The van der Waals surface area contributed by atoms with Gasteiger partial charge >= 0.3 is 5.97 Å². The summed E-state index contributed by atoms with van der Waals surface area (Å²) in [7, 11) is 0. The third-order valence-corrected chi connectivity index (χ3v) is 2.65. The lowest BCUT2D eigenvalue weighted by Gasteiger charge is -2.25. The van der Waals surface area contributed by atoms with E-state index >= 15 is 0 Å². The summed E-state index contributed by atoms with van der Waals surface area (Å²) in [5.74, 6) is -0.764. The normalized spacial score (nSPS) is 14.1. The van der Waals surface area contributed by atoms with Crippen LogP contribution in [0.1, 0.15) is 25.8 Å². The Morgan fingerprint density at radius 1 is 1.38 bits per heavy atom. The number of carboxylic acids is 1. The average molecular weight is 218 g/mol. The second-order valence-electron chi connectivity index (χ2n) is 4.66. The molecule has 1 aromatic rings. The van der Waals surface area contributed by atoms with E-state index in [4.69, 9.17) is 0 Å². The molecule has 0 aliphatic carbocycles. The van der Waals surface area contributed by atoms with Crippen LogP contribution in [0, 0.1) is 5.41 Å². The number of hydrogen-bond acceptors (Lipinski definition) is 1. The van der Waals surface area contributed by atoms with Crippen molar-refractivity contribution in [2.75, 3.05) is 0 Å². The molecular weight excluding hydrogens is 200 g/mol. The number of benzene rings is 1. The predicted molar refractivity (Wildman–Crippen MR) is 65.3 cm³/mol. The Morgan fingerprint density at radius 2 is 1.94 bits per heavy atom. The van der Waals surface area contributed by atoms with Gasteiger partial charge in [0.1, 0.15) is 0 Å². The van der Waals surface area contributed by atoms with Crippen LogP contribution in [0.2, 0.25) is 0 Å². The number of allylic oxidation sites excluding steroid dienone is 1. The van der Waals surface area contributed by atoms with Gasteiger partial charge in [-0.05, 0) is 32.3 Å². The van der Waals surface area contributed by atoms with E-state index in [2.05, 4.69) is 6.58 Å². The minimum atomic E-state index is -0.764. The molecule has 1 unspecified atom stereocenters. The molecule has 0 aromatic heterocycles. The summed E-state index contributed by atoms with van der Waals surface area (Å²) in [5, 5.41) is 9.30. The van der Waals surface area contributed by atoms with Gasteiger partial charge in [0.15, 0.2) is 0 Å². The van der Waals surface area contributed by atoms with E-state index in [0.717, 1.165) is 11.1 Å². The predicted octanol–water partition coefficient (Wildman–Crippen LogP) is 3.29. The van der Waals surface area contributed by atoms with Crippen molar-refractivity contribution in [1.82, 2.24) is 0 Å². The summed E-state index contributed by atoms with van der Waals surface area (Å²) in [6.07, 6.45) is 1.05. The molecule has 0 fully saturated rings. The van der Waals surface area contributed by atoms with Gasteiger partial charge in [0.25, 0.3) is 0 Å². The molecule has 0 aliphatic heterocycles. The molecule has 0 radical (unpaired) electrons. The van der Waals surface area contributed by atoms with Gasteiger partial charge < -0.3 is 5.11 Å². The molecule has 1 N–H and O–H groups in total. The molecule has 2 heteroatoms. The van der Waals surface area contributed by atoms with Crippen LogP contribution in [-0.2, 0) is 11.2 Å². The zero-order chi connectivity index (χ0) is 12.2. The third kappa shape index (κ3) is 3.23. The van der Waals surface area contributed by atoms with Crippen LogP contribution in [-0.4, -0.2) is 11.1 Å². The first-order valence-electron chi connectivity index (χ1n) is 5.36. The maximum absolute atomic E-state index is 11.3. The molecule has 0 saturated carbocycles. The first-order valence-corrected chi connectivity index (χ1v) is 5.36. The SMILES string of the molecule is C=C(C)CC(C)(Cc1ccccc1)C(=O)O. The van der Waals surface area contributed by atoms with Crippen LogP contribution in [0.25, 0.3) is 0 Å². The second kappa shape index (κ2) is 4.97. The molecule has 0 spiro atoms. The summed E-state index contributed by atoms with van der Waals surface area (Å²) in [6, 6.07) is 9.70. The van der Waals surface area contributed by atoms with Gasteiger partial charge in [-0.1, -0.05) is 35.9 Å². The summed E-state index contributed by atoms with van der Waals surface area (Å²) < 4.78 is 0. The fourth-order valence-corrected chi connectivity index (χ4v) is 1.93. The van der Waals surface area contributed by atoms with Crippen LogP contribution in [0.3, 0.4) is 0 Å². The van der Waals surface area contributed by atoms with Gasteiger partial charge in [-0.25, -0.2) is 0 Å². The Balaban J connectivity index is 2.87. The second-order valence-corrected chi connectivity index (χ2v) is 4.66. The smallest absolute Gasteiger partial charge is 0.310 e. The fourth-order valence-electron chi connectivity index (χ4n) is 1.93. The highest BCUT2D eigenvalue weighted by Crippen LogP contribution is 2.30. The lowest BCUT2D eigenvalue weighted by molar-refractivity contribution is -0.147. The lowest BCUT2D eigenvalue weighted by Crippen LogP contribution is -2.30. The number of aliphatic carboxylic acids is 1. The summed E-state index contributed by atoms with van der Waals surface area (Å²) in [6.45, 7) is 7.44. The Kier molecular flexibility index (Phi) is 3.88. The van der Waals surface area contributed by atoms with E-state index in [-0.39, 0.29) is 0 Å². The monoisotopic (exact) mass is 218 g/mol. The van der Waals surface area contributed by atoms with Crippen LogP contribution < -0.4 is 0 Å². The topological polar surface area (TPSA) is 37.3 Å². The quantitative estimate of drug-likeness (QED) is 0.770. The van der Waals surface area contributed by atoms with E-state index in [1.165, 1.54) is 0 Å². The molecule has 0 amide bonds. The van der Waals surface area contributed by atoms with Gasteiger partial charge in [-0.2, -0.15) is 0 Å². The summed E-state index contributed by atoms with van der Waals surface area (Å²) in [4.78, 5) is 11.3. The molecule has 1 rings (SSSR count). The van der Waals surface area contributed by atoms with E-state index < -0.39 is 11.4 Å². The number of carbonyl (C=O) groups is 1. The van der Waals surface area contributed by atoms with Crippen LogP contribution >= 0.6 is 0 Å². The lowest BCUT2D eigenvalue weighted by atomic mass is 9.79. The minimum absolute atomic E-state index is 0.511. The molecule has 16 heavy (non-hydrogen) atoms. The van der Waals surface area contributed by atoms with Crippen LogP contribution in [0.15, 0.2) is 42.5 Å². The highest BCUT2D eigenvalue weighted by atomic mass is 16.4. The van der Waals surface area contributed by atoms with E-state index in [9.17, 15) is 9.90 Å². The van der Waals surface area contributed by atoms with Crippen molar-refractivity contribution in [3.63, 3.8) is 0 Å². The van der Waals surface area contributed by atoms with Crippen molar-refractivity contribution in [2.24, 2.45) is 5.41 Å². The fraction of sp³-hybridized carbons (Fsp3) is 0.357. The first kappa shape index (κ1) is 12.5.